The van der Waals surface area contributed by atoms with Gasteiger partial charge in [0.05, 0.1) is 21.3 Å². The number of carbonyl (C=O) groups excluding carboxylic acids is 2. The van der Waals surface area contributed by atoms with Crippen LogP contribution in [0.4, 0.5) is 0 Å². The van der Waals surface area contributed by atoms with Crippen LogP contribution in [0.2, 0.25) is 4.34 Å². The summed E-state index contributed by atoms with van der Waals surface area (Å²) in [6, 6.07) is 9.16. The van der Waals surface area contributed by atoms with Gasteiger partial charge in [0, 0.05) is 25.0 Å². The van der Waals surface area contributed by atoms with Gasteiger partial charge >= 0.3 is 5.97 Å². The van der Waals surface area contributed by atoms with E-state index in [-0.39, 0.29) is 16.4 Å². The number of likely N-dealkylation sites (N-methyl/N-ethyl adjacent to an activating group) is 1. The summed E-state index contributed by atoms with van der Waals surface area (Å²) >= 11 is 7.25. The molecule has 3 rings (SSSR count). The van der Waals surface area contributed by atoms with Gasteiger partial charge in [-0.05, 0) is 49.2 Å². The van der Waals surface area contributed by atoms with Crippen LogP contribution < -0.4 is 0 Å². The lowest BCUT2D eigenvalue weighted by Crippen LogP contribution is -2.30. The van der Waals surface area contributed by atoms with Gasteiger partial charge in [-0.15, -0.1) is 11.3 Å². The number of benzene rings is 1. The van der Waals surface area contributed by atoms with Crippen molar-refractivity contribution in [3.63, 3.8) is 0 Å². The third kappa shape index (κ3) is 5.36. The molecular weight excluding hydrogens is 436 g/mol. The van der Waals surface area contributed by atoms with E-state index in [0.29, 0.717) is 24.0 Å². The van der Waals surface area contributed by atoms with Gasteiger partial charge in [-0.25, -0.2) is 13.2 Å². The number of nitrogens with zero attached hydrogens (tertiary/aromatic N) is 2. The van der Waals surface area contributed by atoms with Crippen molar-refractivity contribution >= 4 is 44.8 Å². The average molecular weight is 457 g/mol. The SMILES string of the molecule is CN(Cc1ccc(Cl)s1)C(=O)COC(=O)c1ccc(S(=O)(=O)N2CCCC2)cc1. The molecule has 1 aromatic carbocycles. The summed E-state index contributed by atoms with van der Waals surface area (Å²) in [7, 11) is -1.92. The molecule has 0 radical (unpaired) electrons. The van der Waals surface area contributed by atoms with Crippen molar-refractivity contribution in [2.75, 3.05) is 26.7 Å². The molecule has 29 heavy (non-hydrogen) atoms. The number of thiophene rings is 1. The summed E-state index contributed by atoms with van der Waals surface area (Å²) in [6.45, 7) is 0.998. The summed E-state index contributed by atoms with van der Waals surface area (Å²) < 4.78 is 32.2. The molecule has 2 aromatic rings. The van der Waals surface area contributed by atoms with Gasteiger partial charge in [-0.3, -0.25) is 4.79 Å². The van der Waals surface area contributed by atoms with E-state index >= 15 is 0 Å². The van der Waals surface area contributed by atoms with E-state index in [2.05, 4.69) is 0 Å². The Morgan fingerprint density at radius 1 is 1.14 bits per heavy atom. The highest BCUT2D eigenvalue weighted by Crippen LogP contribution is 2.23. The Bertz CT molecular complexity index is 982. The number of sulfonamides is 1. The molecule has 1 saturated heterocycles. The lowest BCUT2D eigenvalue weighted by atomic mass is 10.2. The van der Waals surface area contributed by atoms with Crippen molar-refractivity contribution < 1.29 is 22.7 Å². The second kappa shape index (κ2) is 9.25. The molecule has 156 valence electrons. The minimum Gasteiger partial charge on any atom is -0.452 e. The zero-order valence-corrected chi connectivity index (χ0v) is 18.2. The van der Waals surface area contributed by atoms with E-state index in [9.17, 15) is 18.0 Å². The van der Waals surface area contributed by atoms with E-state index in [1.165, 1.54) is 44.8 Å². The molecule has 1 fully saturated rings. The van der Waals surface area contributed by atoms with Crippen molar-refractivity contribution in [1.82, 2.24) is 9.21 Å². The minimum atomic E-state index is -3.53. The second-order valence-corrected chi connectivity index (χ2v) is 10.4. The van der Waals surface area contributed by atoms with Gasteiger partial charge in [-0.1, -0.05) is 11.6 Å². The molecule has 1 amide bonds. The van der Waals surface area contributed by atoms with Crippen LogP contribution >= 0.6 is 22.9 Å². The lowest BCUT2D eigenvalue weighted by molar-refractivity contribution is -0.133. The molecule has 1 aliphatic heterocycles. The van der Waals surface area contributed by atoms with Crippen molar-refractivity contribution in [2.45, 2.75) is 24.3 Å². The zero-order valence-electron chi connectivity index (χ0n) is 15.8. The Morgan fingerprint density at radius 3 is 2.38 bits per heavy atom. The fourth-order valence-corrected chi connectivity index (χ4v) is 5.58. The number of halogens is 1. The van der Waals surface area contributed by atoms with Crippen molar-refractivity contribution in [2.24, 2.45) is 0 Å². The summed E-state index contributed by atoms with van der Waals surface area (Å²) in [5.74, 6) is -1.04. The van der Waals surface area contributed by atoms with Crippen molar-refractivity contribution in [3.8, 4) is 0 Å². The molecule has 1 aromatic heterocycles. The van der Waals surface area contributed by atoms with Crippen LogP contribution in [0.1, 0.15) is 28.1 Å². The standard InChI is InChI=1S/C19H21ClN2O5S2/c1-21(12-15-6-9-17(20)28-15)18(23)13-27-19(24)14-4-7-16(8-5-14)29(25,26)22-10-2-3-11-22/h4-9H,2-3,10-13H2,1H3. The second-order valence-electron chi connectivity index (χ2n) is 6.67. The molecule has 0 bridgehead atoms. The monoisotopic (exact) mass is 456 g/mol. The van der Waals surface area contributed by atoms with Gasteiger partial charge in [0.2, 0.25) is 10.0 Å². The number of amides is 1. The number of rotatable bonds is 7. The van der Waals surface area contributed by atoms with Crippen LogP contribution in [-0.4, -0.2) is 56.2 Å². The summed E-state index contributed by atoms with van der Waals surface area (Å²) in [6.07, 6.45) is 1.71. The van der Waals surface area contributed by atoms with Gasteiger partial charge in [0.15, 0.2) is 6.61 Å². The number of carbonyl (C=O) groups is 2. The molecule has 0 saturated carbocycles. The highest BCUT2D eigenvalue weighted by atomic mass is 35.5. The highest BCUT2D eigenvalue weighted by Gasteiger charge is 2.27. The molecule has 1 aliphatic rings. The third-order valence-electron chi connectivity index (χ3n) is 4.57. The number of hydrogen-bond acceptors (Lipinski definition) is 6. The normalized spacial score (nSPS) is 14.7. The van der Waals surface area contributed by atoms with Crippen molar-refractivity contribution in [3.05, 3.63) is 51.2 Å². The van der Waals surface area contributed by atoms with Crippen LogP contribution in [0.3, 0.4) is 0 Å². The molecule has 7 nitrogen and oxygen atoms in total. The van der Waals surface area contributed by atoms with Crippen LogP contribution in [0.15, 0.2) is 41.3 Å². The minimum absolute atomic E-state index is 0.140. The highest BCUT2D eigenvalue weighted by molar-refractivity contribution is 7.89. The topological polar surface area (TPSA) is 84.0 Å². The maximum atomic E-state index is 12.5. The van der Waals surface area contributed by atoms with Crippen LogP contribution in [0.25, 0.3) is 0 Å². The molecule has 0 aliphatic carbocycles. The number of ether oxygens (including phenoxy) is 1. The maximum Gasteiger partial charge on any atom is 0.338 e. The van der Waals surface area contributed by atoms with E-state index in [0.717, 1.165) is 17.7 Å². The lowest BCUT2D eigenvalue weighted by Gasteiger charge is -2.16. The Morgan fingerprint density at radius 2 is 1.79 bits per heavy atom. The number of esters is 1. The quantitative estimate of drug-likeness (QED) is 0.598. The van der Waals surface area contributed by atoms with Gasteiger partial charge < -0.3 is 9.64 Å². The first-order valence-corrected chi connectivity index (χ1v) is 11.7. The van der Waals surface area contributed by atoms with Crippen LogP contribution in [0, 0.1) is 0 Å². The Hall–Kier alpha value is -1.94. The van der Waals surface area contributed by atoms with E-state index in [4.69, 9.17) is 16.3 Å². The van der Waals surface area contributed by atoms with Crippen LogP contribution in [0.5, 0.6) is 0 Å². The summed E-state index contributed by atoms with van der Waals surface area (Å²) in [5, 5.41) is 0. The fraction of sp³-hybridized carbons (Fsp3) is 0.368. The van der Waals surface area contributed by atoms with E-state index in [1.54, 1.807) is 13.1 Å². The summed E-state index contributed by atoms with van der Waals surface area (Å²) in [4.78, 5) is 26.8. The molecule has 0 spiro atoms. The first-order valence-electron chi connectivity index (χ1n) is 9.03. The molecule has 0 unspecified atom stereocenters. The molecule has 2 heterocycles. The first kappa shape index (κ1) is 21.8. The largest absolute Gasteiger partial charge is 0.452 e. The fourth-order valence-electron chi connectivity index (χ4n) is 2.92. The smallest absolute Gasteiger partial charge is 0.338 e. The predicted octanol–water partition coefficient (Wildman–Crippen LogP) is 3.00. The third-order valence-corrected chi connectivity index (χ3v) is 7.70. The van der Waals surface area contributed by atoms with Crippen LogP contribution in [-0.2, 0) is 26.1 Å². The van der Waals surface area contributed by atoms with E-state index < -0.39 is 22.6 Å². The number of hydrogen-bond donors (Lipinski definition) is 0. The summed E-state index contributed by atoms with van der Waals surface area (Å²) in [5.41, 5.74) is 0.186. The Balaban J connectivity index is 1.54. The molecule has 0 atom stereocenters. The molecule has 10 heteroatoms. The van der Waals surface area contributed by atoms with Crippen molar-refractivity contribution in [1.29, 1.82) is 0 Å². The van der Waals surface area contributed by atoms with Gasteiger partial charge in [0.25, 0.3) is 5.91 Å². The predicted molar refractivity (Wildman–Crippen MR) is 111 cm³/mol. The Kier molecular flexibility index (Phi) is 6.94. The van der Waals surface area contributed by atoms with Gasteiger partial charge in [0.1, 0.15) is 0 Å². The first-order chi connectivity index (χ1) is 13.8. The average Bonchev–Trinajstić information content (AvgIpc) is 3.38. The molecule has 0 N–H and O–H groups in total. The molecular formula is C19H21ClN2O5S2. The zero-order chi connectivity index (χ0) is 21.0. The maximum absolute atomic E-state index is 12.5. The van der Waals surface area contributed by atoms with E-state index in [1.807, 2.05) is 6.07 Å². The Labute approximate surface area is 178 Å². The van der Waals surface area contributed by atoms with Gasteiger partial charge in [-0.2, -0.15) is 4.31 Å².